The van der Waals surface area contributed by atoms with Gasteiger partial charge in [-0.25, -0.2) is 28.4 Å². The maximum Gasteiger partial charge on any atom is 0.256 e. The second-order valence-electron chi connectivity index (χ2n) is 8.15. The average Bonchev–Trinajstić information content (AvgIpc) is 3.51. The van der Waals surface area contributed by atoms with Crippen LogP contribution in [0.25, 0.3) is 28.1 Å². The Bertz CT molecular complexity index is 1640. The Morgan fingerprint density at radius 2 is 1.86 bits per heavy atom. The van der Waals surface area contributed by atoms with E-state index in [2.05, 4.69) is 30.4 Å². The van der Waals surface area contributed by atoms with Crippen LogP contribution >= 0.6 is 0 Å². The van der Waals surface area contributed by atoms with Crippen molar-refractivity contribution in [2.75, 3.05) is 5.32 Å². The van der Waals surface area contributed by atoms with Crippen LogP contribution in [0.5, 0.6) is 0 Å². The van der Waals surface area contributed by atoms with E-state index in [1.54, 1.807) is 18.5 Å². The standard InChI is InChI=1S/C23H20N8O3S/c32-14-22-27-18-12-25-21(10-19(18)31(22)16-4-2-1-3-5-16)28-20-8-9-24-23(29-20)15-11-26-30(13-15)35(33,34)17-6-7-17/h1-5,8-13,17,32H,6-7,14H2,(H,24,25,28,29). The summed E-state index contributed by atoms with van der Waals surface area (Å²) >= 11 is 0. The molecule has 1 aromatic carbocycles. The number of pyridine rings is 1. The molecule has 0 radical (unpaired) electrons. The van der Waals surface area contributed by atoms with E-state index in [9.17, 15) is 13.5 Å². The van der Waals surface area contributed by atoms with Gasteiger partial charge in [-0.3, -0.25) is 4.57 Å². The van der Waals surface area contributed by atoms with E-state index in [1.807, 2.05) is 41.0 Å². The Morgan fingerprint density at radius 3 is 2.63 bits per heavy atom. The highest BCUT2D eigenvalue weighted by atomic mass is 32.2. The minimum absolute atomic E-state index is 0.217. The molecule has 0 spiro atoms. The van der Waals surface area contributed by atoms with E-state index in [0.29, 0.717) is 47.2 Å². The van der Waals surface area contributed by atoms with Gasteiger partial charge in [0, 0.05) is 18.0 Å². The van der Waals surface area contributed by atoms with Crippen molar-refractivity contribution in [3.05, 3.63) is 73.1 Å². The van der Waals surface area contributed by atoms with Gasteiger partial charge in [-0.2, -0.15) is 9.19 Å². The summed E-state index contributed by atoms with van der Waals surface area (Å²) in [5.41, 5.74) is 2.80. The first kappa shape index (κ1) is 21.4. The molecule has 176 valence electrons. The zero-order chi connectivity index (χ0) is 24.0. The fourth-order valence-electron chi connectivity index (χ4n) is 3.85. The second kappa shape index (κ2) is 8.25. The molecule has 0 aliphatic heterocycles. The van der Waals surface area contributed by atoms with E-state index in [0.717, 1.165) is 15.3 Å². The van der Waals surface area contributed by atoms with Crippen LogP contribution in [0, 0.1) is 0 Å². The molecule has 4 heterocycles. The average molecular weight is 489 g/mol. The van der Waals surface area contributed by atoms with Gasteiger partial charge in [-0.1, -0.05) is 18.2 Å². The third kappa shape index (κ3) is 3.92. The molecular formula is C23H20N8O3S. The molecule has 0 atom stereocenters. The number of fused-ring (bicyclic) bond motifs is 1. The van der Waals surface area contributed by atoms with Gasteiger partial charge < -0.3 is 10.4 Å². The fourth-order valence-corrected chi connectivity index (χ4v) is 5.32. The predicted octanol–water partition coefficient (Wildman–Crippen LogP) is 2.65. The predicted molar refractivity (Wildman–Crippen MR) is 129 cm³/mol. The highest BCUT2D eigenvalue weighted by molar-refractivity contribution is 7.90. The highest BCUT2D eigenvalue weighted by Gasteiger charge is 2.37. The van der Waals surface area contributed by atoms with Crippen LogP contribution in [0.4, 0.5) is 11.6 Å². The number of nitrogens with zero attached hydrogens (tertiary/aromatic N) is 7. The number of rotatable bonds is 7. The van der Waals surface area contributed by atoms with Crippen molar-refractivity contribution in [2.45, 2.75) is 24.7 Å². The van der Waals surface area contributed by atoms with Crippen molar-refractivity contribution in [2.24, 2.45) is 0 Å². The molecule has 1 aliphatic rings. The monoisotopic (exact) mass is 488 g/mol. The van der Waals surface area contributed by atoms with Gasteiger partial charge in [0.1, 0.15) is 29.6 Å². The minimum atomic E-state index is -3.46. The number of aliphatic hydroxyl groups is 1. The van der Waals surface area contributed by atoms with Gasteiger partial charge in [0.25, 0.3) is 10.0 Å². The van der Waals surface area contributed by atoms with Gasteiger partial charge in [-0.05, 0) is 31.0 Å². The molecule has 2 N–H and O–H groups in total. The lowest BCUT2D eigenvalue weighted by molar-refractivity contribution is 0.270. The third-order valence-corrected chi connectivity index (χ3v) is 7.74. The molecule has 4 aromatic heterocycles. The summed E-state index contributed by atoms with van der Waals surface area (Å²) < 4.78 is 27.7. The van der Waals surface area contributed by atoms with Gasteiger partial charge in [0.05, 0.1) is 34.9 Å². The molecule has 35 heavy (non-hydrogen) atoms. The minimum Gasteiger partial charge on any atom is -0.388 e. The summed E-state index contributed by atoms with van der Waals surface area (Å²) in [6, 6.07) is 13.2. The van der Waals surface area contributed by atoms with Crippen molar-refractivity contribution in [1.82, 2.24) is 33.7 Å². The zero-order valence-electron chi connectivity index (χ0n) is 18.4. The van der Waals surface area contributed by atoms with Crippen LogP contribution in [0.1, 0.15) is 18.7 Å². The van der Waals surface area contributed by atoms with Crippen molar-refractivity contribution in [3.8, 4) is 17.1 Å². The number of anilines is 2. The topological polar surface area (TPSA) is 141 Å². The maximum atomic E-state index is 12.4. The van der Waals surface area contributed by atoms with Crippen LogP contribution < -0.4 is 5.32 Å². The third-order valence-electron chi connectivity index (χ3n) is 5.70. The lowest BCUT2D eigenvalue weighted by Crippen LogP contribution is -2.17. The number of aliphatic hydroxyl groups excluding tert-OH is 1. The van der Waals surface area contributed by atoms with Crippen LogP contribution in [0.3, 0.4) is 0 Å². The summed E-state index contributed by atoms with van der Waals surface area (Å²) in [4.78, 5) is 17.7. The Balaban J connectivity index is 1.32. The molecule has 11 nitrogen and oxygen atoms in total. The van der Waals surface area contributed by atoms with E-state index >= 15 is 0 Å². The summed E-state index contributed by atoms with van der Waals surface area (Å²) in [5, 5.41) is 16.6. The van der Waals surface area contributed by atoms with Crippen LogP contribution in [0.15, 0.2) is 67.3 Å². The number of imidazole rings is 1. The van der Waals surface area contributed by atoms with Crippen molar-refractivity contribution in [3.63, 3.8) is 0 Å². The first-order chi connectivity index (χ1) is 17.0. The lowest BCUT2D eigenvalue weighted by Gasteiger charge is -2.09. The molecule has 6 rings (SSSR count). The quantitative estimate of drug-likeness (QED) is 0.354. The van der Waals surface area contributed by atoms with Crippen molar-refractivity contribution < 1.29 is 13.5 Å². The first-order valence-electron chi connectivity index (χ1n) is 11.0. The maximum absolute atomic E-state index is 12.4. The zero-order valence-corrected chi connectivity index (χ0v) is 19.2. The Morgan fingerprint density at radius 1 is 1.03 bits per heavy atom. The van der Waals surface area contributed by atoms with Gasteiger partial charge in [-0.15, -0.1) is 0 Å². The van der Waals surface area contributed by atoms with Gasteiger partial charge >= 0.3 is 0 Å². The molecule has 5 aromatic rings. The summed E-state index contributed by atoms with van der Waals surface area (Å²) in [7, 11) is -3.46. The highest BCUT2D eigenvalue weighted by Crippen LogP contribution is 2.30. The summed E-state index contributed by atoms with van der Waals surface area (Å²) in [6.45, 7) is -0.217. The lowest BCUT2D eigenvalue weighted by atomic mass is 10.3. The molecule has 1 aliphatic carbocycles. The van der Waals surface area contributed by atoms with E-state index < -0.39 is 10.0 Å². The molecule has 0 amide bonds. The largest absolute Gasteiger partial charge is 0.388 e. The molecular weight excluding hydrogens is 468 g/mol. The number of benzene rings is 1. The Kier molecular flexibility index (Phi) is 5.04. The number of nitrogens with one attached hydrogen (secondary N) is 1. The number of hydrogen-bond donors (Lipinski definition) is 2. The van der Waals surface area contributed by atoms with Gasteiger partial charge in [0.15, 0.2) is 5.82 Å². The molecule has 12 heteroatoms. The molecule has 0 saturated heterocycles. The first-order valence-corrected chi connectivity index (χ1v) is 12.5. The summed E-state index contributed by atoms with van der Waals surface area (Å²) in [5.74, 6) is 1.85. The Hall–Kier alpha value is -4.16. The Labute approximate surface area is 200 Å². The van der Waals surface area contributed by atoms with Gasteiger partial charge in [0.2, 0.25) is 0 Å². The normalized spacial score (nSPS) is 13.9. The number of hydrogen-bond acceptors (Lipinski definition) is 9. The van der Waals surface area contributed by atoms with E-state index in [1.165, 1.54) is 12.4 Å². The van der Waals surface area contributed by atoms with Crippen LogP contribution in [0.2, 0.25) is 0 Å². The SMILES string of the molecule is O=S(=O)(C1CC1)n1cc(-c2nccc(Nc3cc4c(cn3)nc(CO)n4-c3ccccc3)n2)cn1. The molecule has 1 fully saturated rings. The van der Waals surface area contributed by atoms with Crippen molar-refractivity contribution in [1.29, 1.82) is 0 Å². The molecule has 0 unspecified atom stereocenters. The second-order valence-corrected chi connectivity index (χ2v) is 10.2. The van der Waals surface area contributed by atoms with Crippen LogP contribution in [-0.4, -0.2) is 52.5 Å². The molecule has 0 bridgehead atoms. The number of para-hydroxylation sites is 1. The fraction of sp³-hybridized carbons (Fsp3) is 0.174. The van der Waals surface area contributed by atoms with Crippen LogP contribution in [-0.2, 0) is 16.6 Å². The van der Waals surface area contributed by atoms with Crippen molar-refractivity contribution >= 4 is 32.7 Å². The summed E-state index contributed by atoms with van der Waals surface area (Å²) in [6.07, 6.45) is 7.41. The number of aromatic nitrogens is 7. The van der Waals surface area contributed by atoms with E-state index in [4.69, 9.17) is 0 Å². The van der Waals surface area contributed by atoms with E-state index in [-0.39, 0.29) is 11.9 Å². The molecule has 1 saturated carbocycles. The smallest absolute Gasteiger partial charge is 0.256 e.